The molecule has 0 fully saturated rings. The van der Waals surface area contributed by atoms with Crippen LogP contribution in [-0.2, 0) is 18.3 Å². The van der Waals surface area contributed by atoms with Crippen molar-refractivity contribution in [2.75, 3.05) is 0 Å². The molecule has 0 saturated carbocycles. The van der Waals surface area contributed by atoms with Crippen LogP contribution in [0.4, 0.5) is 0 Å². The molecule has 2 aromatic rings. The molecule has 18 heavy (non-hydrogen) atoms. The number of carboxylic acid groups (broad SMARTS) is 1. The van der Waals surface area contributed by atoms with Crippen LogP contribution in [0.3, 0.4) is 0 Å². The van der Waals surface area contributed by atoms with Crippen LogP contribution in [0.5, 0.6) is 0 Å². The molecule has 2 rings (SSSR count). The lowest BCUT2D eigenvalue weighted by Gasteiger charge is -2.01. The lowest BCUT2D eigenvalue weighted by atomic mass is 10.2. The largest absolute Gasteiger partial charge is 0.481 e. The molecule has 5 nitrogen and oxygen atoms in total. The number of nitrogens with zero attached hydrogens (tertiary/aromatic N) is 3. The highest BCUT2D eigenvalue weighted by Gasteiger charge is 2.13. The van der Waals surface area contributed by atoms with Crippen molar-refractivity contribution in [3.63, 3.8) is 0 Å². The van der Waals surface area contributed by atoms with Crippen molar-refractivity contribution >= 4 is 5.97 Å². The van der Waals surface area contributed by atoms with Crippen molar-refractivity contribution in [2.45, 2.75) is 19.8 Å². The van der Waals surface area contributed by atoms with Crippen LogP contribution in [0.2, 0.25) is 0 Å². The van der Waals surface area contributed by atoms with E-state index in [-0.39, 0.29) is 6.42 Å². The Morgan fingerprint density at radius 1 is 1.39 bits per heavy atom. The molecule has 94 valence electrons. The summed E-state index contributed by atoms with van der Waals surface area (Å²) in [6, 6.07) is 3.80. The second-order valence-corrected chi connectivity index (χ2v) is 4.15. The van der Waals surface area contributed by atoms with Gasteiger partial charge in [0.05, 0.1) is 12.1 Å². The maximum Gasteiger partial charge on any atom is 0.303 e. The van der Waals surface area contributed by atoms with Crippen molar-refractivity contribution < 1.29 is 9.90 Å². The minimum atomic E-state index is -0.805. The van der Waals surface area contributed by atoms with Gasteiger partial charge in [0.1, 0.15) is 5.82 Å². The van der Waals surface area contributed by atoms with Gasteiger partial charge in [0.2, 0.25) is 0 Å². The topological polar surface area (TPSA) is 68.0 Å². The molecular weight excluding hydrogens is 230 g/mol. The van der Waals surface area contributed by atoms with Gasteiger partial charge in [-0.3, -0.25) is 9.78 Å². The van der Waals surface area contributed by atoms with Gasteiger partial charge < -0.3 is 9.67 Å². The highest BCUT2D eigenvalue weighted by molar-refractivity contribution is 5.67. The maximum absolute atomic E-state index is 10.6. The molecule has 0 radical (unpaired) electrons. The number of hydrogen-bond donors (Lipinski definition) is 1. The van der Waals surface area contributed by atoms with Gasteiger partial charge in [-0.25, -0.2) is 4.98 Å². The second-order valence-electron chi connectivity index (χ2n) is 4.15. The van der Waals surface area contributed by atoms with Crippen molar-refractivity contribution in [1.29, 1.82) is 0 Å². The second kappa shape index (κ2) is 5.00. The van der Waals surface area contributed by atoms with Gasteiger partial charge in [0.25, 0.3) is 0 Å². The number of rotatable bonds is 4. The van der Waals surface area contributed by atoms with E-state index in [9.17, 15) is 4.79 Å². The fraction of sp³-hybridized carbons (Fsp3) is 0.308. The zero-order chi connectivity index (χ0) is 13.1. The molecule has 0 amide bonds. The van der Waals surface area contributed by atoms with E-state index in [1.54, 1.807) is 12.4 Å². The number of pyridine rings is 1. The van der Waals surface area contributed by atoms with E-state index in [0.29, 0.717) is 6.42 Å². The van der Waals surface area contributed by atoms with Crippen LogP contribution >= 0.6 is 0 Å². The van der Waals surface area contributed by atoms with Crippen LogP contribution in [0.1, 0.15) is 17.9 Å². The van der Waals surface area contributed by atoms with Gasteiger partial charge in [-0.05, 0) is 19.1 Å². The lowest BCUT2D eigenvalue weighted by molar-refractivity contribution is -0.137. The normalized spacial score (nSPS) is 10.6. The lowest BCUT2D eigenvalue weighted by Crippen LogP contribution is -2.03. The molecule has 2 heterocycles. The number of carboxylic acids is 1. The summed E-state index contributed by atoms with van der Waals surface area (Å²) in [5.74, 6) is -0.0113. The summed E-state index contributed by atoms with van der Waals surface area (Å²) in [4.78, 5) is 19.1. The van der Waals surface area contributed by atoms with Gasteiger partial charge >= 0.3 is 5.97 Å². The molecule has 0 aromatic carbocycles. The number of aryl methyl sites for hydroxylation is 1. The number of imidazole rings is 1. The maximum atomic E-state index is 10.6. The third-order valence-corrected chi connectivity index (χ3v) is 2.99. The minimum Gasteiger partial charge on any atom is -0.481 e. The van der Waals surface area contributed by atoms with Crippen LogP contribution < -0.4 is 0 Å². The molecule has 0 aliphatic heterocycles. The highest BCUT2D eigenvalue weighted by atomic mass is 16.4. The van der Waals surface area contributed by atoms with E-state index in [4.69, 9.17) is 5.11 Å². The Balaban J connectivity index is 2.33. The molecule has 0 bridgehead atoms. The van der Waals surface area contributed by atoms with Gasteiger partial charge in [-0.2, -0.15) is 0 Å². The Bertz CT molecular complexity index is 561. The summed E-state index contributed by atoms with van der Waals surface area (Å²) >= 11 is 0. The predicted octanol–water partition coefficient (Wildman–Crippen LogP) is 1.81. The summed E-state index contributed by atoms with van der Waals surface area (Å²) in [5.41, 5.74) is 2.92. The molecular formula is C13H15N3O2. The van der Waals surface area contributed by atoms with Crippen molar-refractivity contribution in [2.24, 2.45) is 7.05 Å². The highest BCUT2D eigenvalue weighted by Crippen LogP contribution is 2.22. The Morgan fingerprint density at radius 3 is 2.67 bits per heavy atom. The third kappa shape index (κ3) is 2.40. The van der Waals surface area contributed by atoms with E-state index in [0.717, 1.165) is 22.8 Å². The SMILES string of the molecule is Cc1c(-c2ccncc2)nc(CCC(=O)O)n1C. The number of carbonyl (C=O) groups is 1. The average molecular weight is 245 g/mol. The monoisotopic (exact) mass is 245 g/mol. The minimum absolute atomic E-state index is 0.0973. The molecule has 0 aliphatic rings. The van der Waals surface area contributed by atoms with Gasteiger partial charge in [-0.15, -0.1) is 0 Å². The van der Waals surface area contributed by atoms with E-state index < -0.39 is 5.97 Å². The average Bonchev–Trinajstić information content (AvgIpc) is 2.65. The number of aliphatic carboxylic acids is 1. The number of hydrogen-bond acceptors (Lipinski definition) is 3. The van der Waals surface area contributed by atoms with E-state index in [1.807, 2.05) is 30.7 Å². The molecule has 0 atom stereocenters. The summed E-state index contributed by atoms with van der Waals surface area (Å²) < 4.78 is 1.94. The van der Waals surface area contributed by atoms with Gasteiger partial charge in [0.15, 0.2) is 0 Å². The third-order valence-electron chi connectivity index (χ3n) is 2.99. The molecule has 5 heteroatoms. The van der Waals surface area contributed by atoms with Crippen molar-refractivity contribution in [1.82, 2.24) is 14.5 Å². The van der Waals surface area contributed by atoms with Crippen LogP contribution in [0.15, 0.2) is 24.5 Å². The van der Waals surface area contributed by atoms with Crippen molar-refractivity contribution in [3.05, 3.63) is 36.0 Å². The quantitative estimate of drug-likeness (QED) is 0.892. The molecule has 0 spiro atoms. The van der Waals surface area contributed by atoms with E-state index >= 15 is 0 Å². The predicted molar refractivity (Wildman–Crippen MR) is 67.1 cm³/mol. The molecule has 0 unspecified atom stereocenters. The molecule has 0 aliphatic carbocycles. The number of aromatic nitrogens is 3. The zero-order valence-corrected chi connectivity index (χ0v) is 10.4. The van der Waals surface area contributed by atoms with E-state index in [1.165, 1.54) is 0 Å². The van der Waals surface area contributed by atoms with Gasteiger partial charge in [-0.1, -0.05) is 0 Å². The Kier molecular flexibility index (Phi) is 3.41. The molecule has 2 aromatic heterocycles. The molecule has 0 saturated heterocycles. The Labute approximate surface area is 105 Å². The summed E-state index contributed by atoms with van der Waals surface area (Å²) in [6.07, 6.45) is 3.98. The Morgan fingerprint density at radius 2 is 2.06 bits per heavy atom. The van der Waals surface area contributed by atoms with Crippen molar-refractivity contribution in [3.8, 4) is 11.3 Å². The molecule has 1 N–H and O–H groups in total. The van der Waals surface area contributed by atoms with Crippen LogP contribution in [0.25, 0.3) is 11.3 Å². The standard InChI is InChI=1S/C13H15N3O2/c1-9-13(10-5-7-14-8-6-10)15-11(16(9)2)3-4-12(17)18/h5-8H,3-4H2,1-2H3,(H,17,18). The van der Waals surface area contributed by atoms with Crippen LogP contribution in [0, 0.1) is 6.92 Å². The van der Waals surface area contributed by atoms with Crippen LogP contribution in [-0.4, -0.2) is 25.6 Å². The first kappa shape index (κ1) is 12.3. The summed E-state index contributed by atoms with van der Waals surface area (Å²) in [7, 11) is 1.91. The zero-order valence-electron chi connectivity index (χ0n) is 10.4. The fourth-order valence-electron chi connectivity index (χ4n) is 1.86. The van der Waals surface area contributed by atoms with E-state index in [2.05, 4.69) is 9.97 Å². The first-order chi connectivity index (χ1) is 8.59. The first-order valence-corrected chi connectivity index (χ1v) is 5.74. The first-order valence-electron chi connectivity index (χ1n) is 5.74. The summed E-state index contributed by atoms with van der Waals surface area (Å²) in [5, 5.41) is 8.71. The fourth-order valence-corrected chi connectivity index (χ4v) is 1.86. The van der Waals surface area contributed by atoms with Gasteiger partial charge in [0, 0.05) is 37.1 Å². The smallest absolute Gasteiger partial charge is 0.303 e. The summed E-state index contributed by atoms with van der Waals surface area (Å²) in [6.45, 7) is 1.98. The Hall–Kier alpha value is -2.17.